The Bertz CT molecular complexity index is 713. The lowest BCUT2D eigenvalue weighted by atomic mass is 9.88. The minimum absolute atomic E-state index is 0.0833. The highest BCUT2D eigenvalue weighted by Gasteiger charge is 2.31. The predicted octanol–water partition coefficient (Wildman–Crippen LogP) is 2.44. The summed E-state index contributed by atoms with van der Waals surface area (Å²) in [6.07, 6.45) is 6.58. The van der Waals surface area contributed by atoms with Gasteiger partial charge in [0.1, 0.15) is 0 Å². The van der Waals surface area contributed by atoms with Gasteiger partial charge in [-0.15, -0.1) is 0 Å². The lowest BCUT2D eigenvalue weighted by molar-refractivity contribution is -0.384. The summed E-state index contributed by atoms with van der Waals surface area (Å²) in [4.78, 5) is 29.3. The molecule has 0 bridgehead atoms. The van der Waals surface area contributed by atoms with E-state index >= 15 is 0 Å². The van der Waals surface area contributed by atoms with Crippen molar-refractivity contribution in [1.82, 2.24) is 15.5 Å². The van der Waals surface area contributed by atoms with Crippen molar-refractivity contribution in [2.75, 3.05) is 20.1 Å². The summed E-state index contributed by atoms with van der Waals surface area (Å²) in [6, 6.07) is 6.66. The van der Waals surface area contributed by atoms with Crippen LogP contribution in [0.15, 0.2) is 29.3 Å². The van der Waals surface area contributed by atoms with Gasteiger partial charge in [-0.3, -0.25) is 19.9 Å². The van der Waals surface area contributed by atoms with Crippen LogP contribution < -0.4 is 10.6 Å². The van der Waals surface area contributed by atoms with E-state index in [1.54, 1.807) is 19.2 Å². The molecule has 1 saturated heterocycles. The highest BCUT2D eigenvalue weighted by atomic mass is 16.6. The summed E-state index contributed by atoms with van der Waals surface area (Å²) in [6.45, 7) is 2.04. The van der Waals surface area contributed by atoms with Gasteiger partial charge >= 0.3 is 0 Å². The van der Waals surface area contributed by atoms with Crippen LogP contribution in [0.1, 0.15) is 44.1 Å². The molecule has 1 atom stereocenters. The molecule has 152 valence electrons. The first-order chi connectivity index (χ1) is 13.6. The van der Waals surface area contributed by atoms with Gasteiger partial charge < -0.3 is 15.5 Å². The third-order valence-electron chi connectivity index (χ3n) is 5.63. The molecule has 1 aliphatic heterocycles. The summed E-state index contributed by atoms with van der Waals surface area (Å²) in [5.74, 6) is 1.21. The molecule has 8 heteroatoms. The van der Waals surface area contributed by atoms with Crippen molar-refractivity contribution >= 4 is 17.6 Å². The standard InChI is InChI=1S/C20H29N5O3/c1-21-20(22-13-15-7-9-18(10-8-15)25(27)28)23-17-11-12-24(14-17)19(26)16-5-3-2-4-6-16/h7-10,16-17H,2-6,11-14H2,1H3,(H2,21,22,23). The molecule has 28 heavy (non-hydrogen) atoms. The van der Waals surface area contributed by atoms with Crippen LogP contribution in [0.5, 0.6) is 0 Å². The van der Waals surface area contributed by atoms with Crippen LogP contribution in [0.2, 0.25) is 0 Å². The lowest BCUT2D eigenvalue weighted by Crippen LogP contribution is -2.45. The monoisotopic (exact) mass is 387 g/mol. The minimum Gasteiger partial charge on any atom is -0.352 e. The van der Waals surface area contributed by atoms with Crippen LogP contribution in [-0.4, -0.2) is 47.9 Å². The van der Waals surface area contributed by atoms with E-state index in [0.717, 1.165) is 31.4 Å². The van der Waals surface area contributed by atoms with Crippen LogP contribution in [-0.2, 0) is 11.3 Å². The summed E-state index contributed by atoms with van der Waals surface area (Å²) in [5, 5.41) is 17.4. The third kappa shape index (κ3) is 5.21. The molecule has 0 aromatic heterocycles. The Morgan fingerprint density at radius 3 is 2.57 bits per heavy atom. The number of nitrogens with zero attached hydrogens (tertiary/aromatic N) is 3. The number of likely N-dealkylation sites (tertiary alicyclic amines) is 1. The molecule has 2 N–H and O–H groups in total. The number of hydrogen-bond donors (Lipinski definition) is 2. The van der Waals surface area contributed by atoms with E-state index in [1.165, 1.54) is 31.4 Å². The van der Waals surface area contributed by atoms with Crippen molar-refractivity contribution < 1.29 is 9.72 Å². The van der Waals surface area contributed by atoms with E-state index in [-0.39, 0.29) is 17.6 Å². The average Bonchev–Trinajstić information content (AvgIpc) is 3.20. The Morgan fingerprint density at radius 2 is 1.93 bits per heavy atom. The molecule has 2 aliphatic rings. The van der Waals surface area contributed by atoms with E-state index in [1.807, 2.05) is 4.90 Å². The van der Waals surface area contributed by atoms with Crippen molar-refractivity contribution in [1.29, 1.82) is 0 Å². The van der Waals surface area contributed by atoms with Crippen molar-refractivity contribution in [2.45, 2.75) is 51.1 Å². The Balaban J connectivity index is 1.46. The molecule has 3 rings (SSSR count). The molecule has 8 nitrogen and oxygen atoms in total. The maximum atomic E-state index is 12.7. The zero-order valence-electron chi connectivity index (χ0n) is 16.4. The molecule has 1 heterocycles. The normalized spacial score (nSPS) is 20.8. The zero-order chi connectivity index (χ0) is 19.9. The smallest absolute Gasteiger partial charge is 0.269 e. The summed E-state index contributed by atoms with van der Waals surface area (Å²) < 4.78 is 0. The van der Waals surface area contributed by atoms with Gasteiger partial charge in [0.25, 0.3) is 5.69 Å². The number of carbonyl (C=O) groups excluding carboxylic acids is 1. The number of non-ortho nitro benzene ring substituents is 1. The molecule has 1 saturated carbocycles. The molecule has 0 spiro atoms. The van der Waals surface area contributed by atoms with E-state index in [2.05, 4.69) is 15.6 Å². The molecular formula is C20H29N5O3. The van der Waals surface area contributed by atoms with Crippen molar-refractivity contribution in [3.05, 3.63) is 39.9 Å². The van der Waals surface area contributed by atoms with E-state index in [0.29, 0.717) is 25.0 Å². The number of guanidine groups is 1. The first-order valence-corrected chi connectivity index (χ1v) is 10.1. The molecule has 1 amide bonds. The SMILES string of the molecule is CN=C(NCc1ccc([N+](=O)[O-])cc1)NC1CCN(C(=O)C2CCCCC2)C1. The predicted molar refractivity (Wildman–Crippen MR) is 108 cm³/mol. The second-order valence-corrected chi connectivity index (χ2v) is 7.60. The maximum absolute atomic E-state index is 12.7. The van der Waals surface area contributed by atoms with E-state index < -0.39 is 4.92 Å². The number of hydrogen-bond acceptors (Lipinski definition) is 4. The number of aliphatic imine (C=N–C) groups is 1. The number of nitro benzene ring substituents is 1. The van der Waals surface area contributed by atoms with Crippen LogP contribution in [0.25, 0.3) is 0 Å². The van der Waals surface area contributed by atoms with Crippen molar-refractivity contribution in [2.24, 2.45) is 10.9 Å². The molecule has 0 radical (unpaired) electrons. The number of benzene rings is 1. The molecule has 1 aromatic carbocycles. The first-order valence-electron chi connectivity index (χ1n) is 10.1. The maximum Gasteiger partial charge on any atom is 0.269 e. The van der Waals surface area contributed by atoms with Gasteiger partial charge in [0.15, 0.2) is 5.96 Å². The Morgan fingerprint density at radius 1 is 1.21 bits per heavy atom. The van der Waals surface area contributed by atoms with E-state index in [9.17, 15) is 14.9 Å². The second-order valence-electron chi connectivity index (χ2n) is 7.60. The summed E-state index contributed by atoms with van der Waals surface area (Å²) in [7, 11) is 1.71. The van der Waals surface area contributed by atoms with E-state index in [4.69, 9.17) is 0 Å². The van der Waals surface area contributed by atoms with Crippen LogP contribution >= 0.6 is 0 Å². The Kier molecular flexibility index (Phi) is 6.84. The fourth-order valence-corrected chi connectivity index (χ4v) is 4.00. The van der Waals surface area contributed by atoms with Crippen LogP contribution in [0.3, 0.4) is 0 Å². The van der Waals surface area contributed by atoms with Crippen LogP contribution in [0.4, 0.5) is 5.69 Å². The fourth-order valence-electron chi connectivity index (χ4n) is 4.00. The lowest BCUT2D eigenvalue weighted by Gasteiger charge is -2.26. The fraction of sp³-hybridized carbons (Fsp3) is 0.600. The highest BCUT2D eigenvalue weighted by Crippen LogP contribution is 2.26. The topological polar surface area (TPSA) is 99.9 Å². The number of carbonyl (C=O) groups is 1. The number of nitro groups is 1. The number of rotatable bonds is 5. The largest absolute Gasteiger partial charge is 0.352 e. The minimum atomic E-state index is -0.405. The number of nitrogens with one attached hydrogen (secondary N) is 2. The highest BCUT2D eigenvalue weighted by molar-refractivity contribution is 5.81. The van der Waals surface area contributed by atoms with Crippen LogP contribution in [0, 0.1) is 16.0 Å². The molecule has 2 fully saturated rings. The quantitative estimate of drug-likeness (QED) is 0.350. The molecule has 1 aromatic rings. The van der Waals surface area contributed by atoms with Gasteiger partial charge in [0.2, 0.25) is 5.91 Å². The summed E-state index contributed by atoms with van der Waals surface area (Å²) in [5.41, 5.74) is 1.02. The van der Waals surface area contributed by atoms with Gasteiger partial charge in [-0.2, -0.15) is 0 Å². The Hall–Kier alpha value is -2.64. The average molecular weight is 387 g/mol. The summed E-state index contributed by atoms with van der Waals surface area (Å²) >= 11 is 0. The van der Waals surface area contributed by atoms with Gasteiger partial charge in [0, 0.05) is 50.8 Å². The molecule has 1 unspecified atom stereocenters. The third-order valence-corrected chi connectivity index (χ3v) is 5.63. The zero-order valence-corrected chi connectivity index (χ0v) is 16.4. The van der Waals surface area contributed by atoms with Crippen molar-refractivity contribution in [3.8, 4) is 0 Å². The Labute approximate surface area is 165 Å². The molecule has 1 aliphatic carbocycles. The van der Waals surface area contributed by atoms with Gasteiger partial charge in [-0.1, -0.05) is 31.4 Å². The first kappa shape index (κ1) is 20.1. The van der Waals surface area contributed by atoms with Gasteiger partial charge in [0.05, 0.1) is 4.92 Å². The second kappa shape index (κ2) is 9.52. The van der Waals surface area contributed by atoms with Gasteiger partial charge in [-0.25, -0.2) is 0 Å². The molecular weight excluding hydrogens is 358 g/mol. The van der Waals surface area contributed by atoms with Crippen molar-refractivity contribution in [3.63, 3.8) is 0 Å². The van der Waals surface area contributed by atoms with Gasteiger partial charge in [-0.05, 0) is 24.8 Å². The number of amides is 1.